The molecule has 2 aromatic carbocycles. The molecule has 0 aliphatic heterocycles. The molecular formula is C23H26N2O5S. The highest BCUT2D eigenvalue weighted by Gasteiger charge is 2.31. The SMILES string of the molecule is CC(C)[C@H](NC(=O)OCC1c2ccccc2-c2ccccc21)C(=O)N[C@@H](CS)C(=O)O. The van der Waals surface area contributed by atoms with Crippen LogP contribution >= 0.6 is 12.6 Å². The van der Waals surface area contributed by atoms with Crippen LogP contribution in [0.3, 0.4) is 0 Å². The zero-order chi connectivity index (χ0) is 22.5. The van der Waals surface area contributed by atoms with E-state index in [2.05, 4.69) is 23.3 Å². The van der Waals surface area contributed by atoms with E-state index in [1.165, 1.54) is 0 Å². The molecule has 2 atom stereocenters. The van der Waals surface area contributed by atoms with Crippen molar-refractivity contribution in [3.63, 3.8) is 0 Å². The van der Waals surface area contributed by atoms with E-state index in [0.29, 0.717) is 0 Å². The van der Waals surface area contributed by atoms with Gasteiger partial charge in [0.05, 0.1) is 0 Å². The van der Waals surface area contributed by atoms with E-state index < -0.39 is 30.1 Å². The minimum atomic E-state index is -1.19. The predicted molar refractivity (Wildman–Crippen MR) is 120 cm³/mol. The van der Waals surface area contributed by atoms with Gasteiger partial charge in [-0.05, 0) is 28.2 Å². The van der Waals surface area contributed by atoms with E-state index in [4.69, 9.17) is 9.84 Å². The van der Waals surface area contributed by atoms with Crippen molar-refractivity contribution in [1.82, 2.24) is 10.6 Å². The van der Waals surface area contributed by atoms with Crippen LogP contribution in [0.25, 0.3) is 11.1 Å². The second-order valence-corrected chi connectivity index (χ2v) is 8.14. The van der Waals surface area contributed by atoms with Crippen LogP contribution in [-0.4, -0.2) is 47.5 Å². The van der Waals surface area contributed by atoms with Gasteiger partial charge in [0.1, 0.15) is 18.7 Å². The van der Waals surface area contributed by atoms with Crippen molar-refractivity contribution in [2.24, 2.45) is 5.92 Å². The summed E-state index contributed by atoms with van der Waals surface area (Å²) in [5, 5.41) is 14.1. The molecule has 1 aliphatic rings. The van der Waals surface area contributed by atoms with Gasteiger partial charge < -0.3 is 20.5 Å². The van der Waals surface area contributed by atoms with Gasteiger partial charge in [-0.15, -0.1) is 0 Å². The molecule has 3 rings (SSSR count). The molecular weight excluding hydrogens is 416 g/mol. The Morgan fingerprint density at radius 3 is 2.03 bits per heavy atom. The van der Waals surface area contributed by atoms with Crippen LogP contribution in [0, 0.1) is 5.92 Å². The number of amides is 2. The third-order valence-electron chi connectivity index (χ3n) is 5.36. The number of hydrogen-bond acceptors (Lipinski definition) is 5. The molecule has 0 bridgehead atoms. The Labute approximate surface area is 186 Å². The molecule has 8 heteroatoms. The van der Waals surface area contributed by atoms with Crippen LogP contribution in [-0.2, 0) is 14.3 Å². The van der Waals surface area contributed by atoms with E-state index in [-0.39, 0.29) is 24.2 Å². The van der Waals surface area contributed by atoms with Gasteiger partial charge in [0, 0.05) is 11.7 Å². The zero-order valence-corrected chi connectivity index (χ0v) is 18.3. The first-order valence-corrected chi connectivity index (χ1v) is 10.7. The Kier molecular flexibility index (Phi) is 7.22. The Balaban J connectivity index is 1.66. The molecule has 0 fully saturated rings. The molecule has 1 aliphatic carbocycles. The lowest BCUT2D eigenvalue weighted by Gasteiger charge is -2.23. The number of carbonyl (C=O) groups excluding carboxylic acids is 2. The molecule has 0 saturated heterocycles. The summed E-state index contributed by atoms with van der Waals surface area (Å²) in [6.07, 6.45) is -0.728. The first-order chi connectivity index (χ1) is 14.8. The molecule has 0 unspecified atom stereocenters. The molecule has 0 spiro atoms. The Hall–Kier alpha value is -3.00. The fourth-order valence-corrected chi connectivity index (χ4v) is 4.00. The molecule has 0 aromatic heterocycles. The van der Waals surface area contributed by atoms with Crippen molar-refractivity contribution >= 4 is 30.6 Å². The summed E-state index contributed by atoms with van der Waals surface area (Å²) >= 11 is 3.94. The van der Waals surface area contributed by atoms with Gasteiger partial charge in [-0.1, -0.05) is 62.4 Å². The fraction of sp³-hybridized carbons (Fsp3) is 0.348. The Bertz CT molecular complexity index is 932. The highest BCUT2D eigenvalue weighted by Crippen LogP contribution is 2.44. The third kappa shape index (κ3) is 5.02. The minimum absolute atomic E-state index is 0.0587. The van der Waals surface area contributed by atoms with Gasteiger partial charge >= 0.3 is 12.1 Å². The summed E-state index contributed by atoms with van der Waals surface area (Å²) in [6.45, 7) is 3.63. The average molecular weight is 443 g/mol. The smallest absolute Gasteiger partial charge is 0.407 e. The number of thiol groups is 1. The standard InChI is InChI=1S/C23H26N2O5S/c1-13(2)20(21(26)24-19(12-31)22(27)28)25-23(29)30-11-18-16-9-5-3-7-14(16)15-8-4-6-10-17(15)18/h3-10,13,18-20,31H,11-12H2,1-2H3,(H,24,26)(H,25,29)(H,27,28)/t19-,20-/m0/s1. The Morgan fingerprint density at radius 1 is 1.00 bits per heavy atom. The molecule has 0 radical (unpaired) electrons. The van der Waals surface area contributed by atoms with Gasteiger partial charge in [-0.25, -0.2) is 9.59 Å². The zero-order valence-electron chi connectivity index (χ0n) is 17.4. The van der Waals surface area contributed by atoms with E-state index in [9.17, 15) is 14.4 Å². The average Bonchev–Trinajstić information content (AvgIpc) is 3.07. The lowest BCUT2D eigenvalue weighted by atomic mass is 9.98. The summed E-state index contributed by atoms with van der Waals surface area (Å²) in [6, 6.07) is 13.9. The van der Waals surface area contributed by atoms with Crippen molar-refractivity contribution in [1.29, 1.82) is 0 Å². The van der Waals surface area contributed by atoms with Crippen molar-refractivity contribution < 1.29 is 24.2 Å². The molecule has 0 saturated carbocycles. The summed E-state index contributed by atoms with van der Waals surface area (Å²) in [4.78, 5) is 36.1. The number of alkyl carbamates (subject to hydrolysis) is 1. The number of hydrogen-bond donors (Lipinski definition) is 4. The molecule has 3 N–H and O–H groups in total. The second kappa shape index (κ2) is 9.87. The van der Waals surface area contributed by atoms with Gasteiger partial charge in [0.25, 0.3) is 0 Å². The molecule has 2 amide bonds. The number of nitrogens with one attached hydrogen (secondary N) is 2. The van der Waals surface area contributed by atoms with E-state index in [0.717, 1.165) is 22.3 Å². The number of aliphatic carboxylic acids is 1. The number of benzene rings is 2. The first kappa shape index (κ1) is 22.7. The number of rotatable bonds is 8. The maximum absolute atomic E-state index is 12.5. The number of carbonyl (C=O) groups is 3. The van der Waals surface area contributed by atoms with Crippen molar-refractivity contribution in [2.75, 3.05) is 12.4 Å². The van der Waals surface area contributed by atoms with Crippen molar-refractivity contribution in [3.05, 3.63) is 59.7 Å². The Morgan fingerprint density at radius 2 is 1.55 bits per heavy atom. The van der Waals surface area contributed by atoms with E-state index in [1.54, 1.807) is 13.8 Å². The lowest BCUT2D eigenvalue weighted by Crippen LogP contribution is -2.54. The minimum Gasteiger partial charge on any atom is -0.480 e. The fourth-order valence-electron chi connectivity index (χ4n) is 3.75. The van der Waals surface area contributed by atoms with Crippen molar-refractivity contribution in [3.8, 4) is 11.1 Å². The van der Waals surface area contributed by atoms with Crippen LogP contribution in [0.15, 0.2) is 48.5 Å². The quantitative estimate of drug-likeness (QED) is 0.471. The van der Waals surface area contributed by atoms with Gasteiger partial charge in [0.2, 0.25) is 5.91 Å². The summed E-state index contributed by atoms with van der Waals surface area (Å²) in [7, 11) is 0. The van der Waals surface area contributed by atoms with E-state index in [1.807, 2.05) is 48.5 Å². The maximum atomic E-state index is 12.5. The normalized spacial score (nSPS) is 14.3. The highest BCUT2D eigenvalue weighted by atomic mass is 32.1. The third-order valence-corrected chi connectivity index (χ3v) is 5.73. The summed E-state index contributed by atoms with van der Waals surface area (Å²) in [5.41, 5.74) is 4.43. The molecule has 2 aromatic rings. The number of fused-ring (bicyclic) bond motifs is 3. The molecule has 7 nitrogen and oxygen atoms in total. The van der Waals surface area contributed by atoms with Gasteiger partial charge in [0.15, 0.2) is 0 Å². The predicted octanol–water partition coefficient (Wildman–Crippen LogP) is 3.05. The van der Waals surface area contributed by atoms with Crippen LogP contribution in [0.2, 0.25) is 0 Å². The first-order valence-electron chi connectivity index (χ1n) is 10.1. The second-order valence-electron chi connectivity index (χ2n) is 7.77. The monoisotopic (exact) mass is 442 g/mol. The van der Waals surface area contributed by atoms with Crippen LogP contribution < -0.4 is 10.6 Å². The molecule has 0 heterocycles. The summed E-state index contributed by atoms with van der Waals surface area (Å²) in [5.74, 6) is -2.20. The van der Waals surface area contributed by atoms with Crippen LogP contribution in [0.1, 0.15) is 30.9 Å². The largest absolute Gasteiger partial charge is 0.480 e. The lowest BCUT2D eigenvalue weighted by molar-refractivity contribution is -0.141. The van der Waals surface area contributed by atoms with Crippen LogP contribution in [0.4, 0.5) is 4.79 Å². The van der Waals surface area contributed by atoms with Crippen LogP contribution in [0.5, 0.6) is 0 Å². The van der Waals surface area contributed by atoms with Crippen molar-refractivity contribution in [2.45, 2.75) is 31.8 Å². The maximum Gasteiger partial charge on any atom is 0.407 e. The molecule has 31 heavy (non-hydrogen) atoms. The highest BCUT2D eigenvalue weighted by molar-refractivity contribution is 7.80. The summed E-state index contributed by atoms with van der Waals surface area (Å²) < 4.78 is 5.49. The molecule has 164 valence electrons. The number of carboxylic acid groups (broad SMARTS) is 1. The number of carboxylic acids is 1. The number of ether oxygens (including phenoxy) is 1. The van der Waals surface area contributed by atoms with Gasteiger partial charge in [-0.3, -0.25) is 4.79 Å². The van der Waals surface area contributed by atoms with Gasteiger partial charge in [-0.2, -0.15) is 12.6 Å². The topological polar surface area (TPSA) is 105 Å². The van der Waals surface area contributed by atoms with E-state index >= 15 is 0 Å².